The van der Waals surface area contributed by atoms with E-state index in [9.17, 15) is 9.59 Å². The molecule has 0 saturated carbocycles. The minimum absolute atomic E-state index is 0.364. The second kappa shape index (κ2) is 11.6. The molecule has 0 radical (unpaired) electrons. The average Bonchev–Trinajstić information content (AvgIpc) is 3.29. The van der Waals surface area contributed by atoms with Gasteiger partial charge < -0.3 is 24.6 Å². The maximum atomic E-state index is 13.5. The van der Waals surface area contributed by atoms with Crippen LogP contribution in [0.1, 0.15) is 40.3 Å². The number of aromatic nitrogens is 2. The molecule has 1 fully saturated rings. The van der Waals surface area contributed by atoms with Gasteiger partial charge in [-0.25, -0.2) is 4.98 Å². The van der Waals surface area contributed by atoms with Crippen molar-refractivity contribution >= 4 is 34.6 Å². The Morgan fingerprint density at radius 1 is 0.884 bits per heavy atom. The van der Waals surface area contributed by atoms with Crippen LogP contribution >= 0.6 is 0 Å². The number of aryl methyl sites for hydroxylation is 3. The lowest BCUT2D eigenvalue weighted by molar-refractivity contribution is -0.112. The molecular weight excluding hydrogens is 536 g/mol. The number of nitrogens with one attached hydrogen (secondary N) is 1. The lowest BCUT2D eigenvalue weighted by atomic mass is 10.0. The Morgan fingerprint density at radius 3 is 2.44 bits per heavy atom. The largest absolute Gasteiger partial charge is 0.373 e. The number of carbonyl (C=O) groups is 2. The second-order valence-electron chi connectivity index (χ2n) is 12.0. The fraction of sp³-hybridized carbons (Fsp3) is 0.343. The number of hydrogen-bond acceptors (Lipinski definition) is 6. The van der Waals surface area contributed by atoms with Crippen molar-refractivity contribution < 1.29 is 9.59 Å². The van der Waals surface area contributed by atoms with Crippen molar-refractivity contribution in [2.45, 2.75) is 39.7 Å². The normalized spacial score (nSPS) is 16.7. The van der Waals surface area contributed by atoms with Crippen molar-refractivity contribution in [2.75, 3.05) is 53.2 Å². The van der Waals surface area contributed by atoms with Crippen molar-refractivity contribution in [2.24, 2.45) is 7.05 Å². The zero-order valence-electron chi connectivity index (χ0n) is 25.7. The van der Waals surface area contributed by atoms with Crippen molar-refractivity contribution in [1.29, 1.82) is 0 Å². The second-order valence-corrected chi connectivity index (χ2v) is 12.0. The van der Waals surface area contributed by atoms with Gasteiger partial charge in [0, 0.05) is 69.0 Å². The highest BCUT2D eigenvalue weighted by molar-refractivity contribution is 6.47. The van der Waals surface area contributed by atoms with Crippen LogP contribution < -0.4 is 20.0 Å². The van der Waals surface area contributed by atoms with E-state index < -0.39 is 11.7 Å². The van der Waals surface area contributed by atoms with Crippen LogP contribution in [0.5, 0.6) is 0 Å². The molecule has 2 aromatic carbocycles. The Labute approximate surface area is 253 Å². The highest BCUT2D eigenvalue weighted by Gasteiger charge is 2.32. The molecule has 43 heavy (non-hydrogen) atoms. The number of pyridine rings is 1. The first-order valence-corrected chi connectivity index (χ1v) is 15.1. The first-order chi connectivity index (χ1) is 20.7. The SMILES string of the molecule is Cc1cc(C)nc(N2CCN3c4ccc(NC(=O)C(=O)c5c(-c6ccccc6)cc(C)n5C)cc4N(C)CCCC3C2)c1. The Balaban J connectivity index is 1.24. The lowest BCUT2D eigenvalue weighted by Crippen LogP contribution is -2.54. The quantitative estimate of drug-likeness (QED) is 0.241. The highest BCUT2D eigenvalue weighted by atomic mass is 16.2. The topological polar surface area (TPSA) is 73.7 Å². The minimum atomic E-state index is -0.640. The minimum Gasteiger partial charge on any atom is -0.373 e. The summed E-state index contributed by atoms with van der Waals surface area (Å²) in [6.07, 6.45) is 2.16. The van der Waals surface area contributed by atoms with E-state index >= 15 is 0 Å². The van der Waals surface area contributed by atoms with Crippen molar-refractivity contribution in [3.05, 3.63) is 89.4 Å². The summed E-state index contributed by atoms with van der Waals surface area (Å²) in [5, 5.41) is 2.91. The molecule has 2 aliphatic rings. The molecule has 8 nitrogen and oxygen atoms in total. The van der Waals surface area contributed by atoms with Gasteiger partial charge in [0.1, 0.15) is 11.5 Å². The zero-order chi connectivity index (χ0) is 30.2. The van der Waals surface area contributed by atoms with Gasteiger partial charge in [0.05, 0.1) is 11.4 Å². The number of rotatable bonds is 5. The summed E-state index contributed by atoms with van der Waals surface area (Å²) in [6.45, 7) is 9.74. The molecular formula is C35H40N6O2. The smallest absolute Gasteiger partial charge is 0.298 e. The van der Waals surface area contributed by atoms with Crippen molar-refractivity contribution in [3.63, 3.8) is 0 Å². The Hall–Kier alpha value is -4.59. The predicted octanol–water partition coefficient (Wildman–Crippen LogP) is 5.76. The van der Waals surface area contributed by atoms with Crippen LogP contribution in [-0.4, -0.2) is 60.5 Å². The molecule has 2 aromatic heterocycles. The Bertz CT molecular complexity index is 1660. The number of fused-ring (bicyclic) bond motifs is 3. The molecule has 1 unspecified atom stereocenters. The van der Waals surface area contributed by atoms with Crippen LogP contribution in [0.4, 0.5) is 22.9 Å². The molecule has 4 heterocycles. The van der Waals surface area contributed by atoms with E-state index in [1.165, 1.54) is 5.56 Å². The number of piperazine rings is 1. The summed E-state index contributed by atoms with van der Waals surface area (Å²) in [5.41, 5.74) is 8.11. The molecule has 1 N–H and O–H groups in total. The lowest BCUT2D eigenvalue weighted by Gasteiger charge is -2.46. The predicted molar refractivity (Wildman–Crippen MR) is 175 cm³/mol. The van der Waals surface area contributed by atoms with Crippen LogP contribution in [0.3, 0.4) is 0 Å². The van der Waals surface area contributed by atoms with E-state index in [4.69, 9.17) is 4.98 Å². The van der Waals surface area contributed by atoms with Gasteiger partial charge in [-0.05, 0) is 81.1 Å². The zero-order valence-corrected chi connectivity index (χ0v) is 25.7. The maximum Gasteiger partial charge on any atom is 0.298 e. The van der Waals surface area contributed by atoms with E-state index in [0.29, 0.717) is 17.4 Å². The Morgan fingerprint density at radius 2 is 1.67 bits per heavy atom. The van der Waals surface area contributed by atoms with Crippen LogP contribution in [0.25, 0.3) is 11.1 Å². The molecule has 1 amide bonds. The van der Waals surface area contributed by atoms with E-state index in [0.717, 1.165) is 78.7 Å². The van der Waals surface area contributed by atoms with Gasteiger partial charge in [-0.2, -0.15) is 0 Å². The molecule has 0 aliphatic carbocycles. The summed E-state index contributed by atoms with van der Waals surface area (Å²) in [6, 6.07) is 22.4. The number of hydrogen-bond donors (Lipinski definition) is 1. The fourth-order valence-electron chi connectivity index (χ4n) is 6.58. The third-order valence-corrected chi connectivity index (χ3v) is 8.85. The van der Waals surface area contributed by atoms with Gasteiger partial charge in [0.2, 0.25) is 0 Å². The molecule has 0 bridgehead atoms. The number of ketones is 1. The molecule has 1 atom stereocenters. The first kappa shape index (κ1) is 28.5. The molecule has 6 rings (SSSR count). The molecule has 1 saturated heterocycles. The van der Waals surface area contributed by atoms with Crippen molar-refractivity contribution in [1.82, 2.24) is 9.55 Å². The fourth-order valence-corrected chi connectivity index (χ4v) is 6.58. The van der Waals surface area contributed by atoms with Gasteiger partial charge >= 0.3 is 0 Å². The maximum absolute atomic E-state index is 13.5. The number of carbonyl (C=O) groups excluding carboxylic acids is 2. The van der Waals surface area contributed by atoms with Crippen molar-refractivity contribution in [3.8, 4) is 11.1 Å². The summed E-state index contributed by atoms with van der Waals surface area (Å²) < 4.78 is 1.80. The average molecular weight is 577 g/mol. The number of anilines is 4. The third-order valence-electron chi connectivity index (χ3n) is 8.85. The van der Waals surface area contributed by atoms with Crippen LogP contribution in [0, 0.1) is 20.8 Å². The van der Waals surface area contributed by atoms with Crippen LogP contribution in [0.15, 0.2) is 66.7 Å². The van der Waals surface area contributed by atoms with E-state index in [1.54, 1.807) is 4.57 Å². The molecule has 222 valence electrons. The molecule has 8 heteroatoms. The summed E-state index contributed by atoms with van der Waals surface area (Å²) >= 11 is 0. The van der Waals surface area contributed by atoms with E-state index in [1.807, 2.05) is 62.5 Å². The Kier molecular flexibility index (Phi) is 7.69. The van der Waals surface area contributed by atoms with Gasteiger partial charge in [0.25, 0.3) is 11.7 Å². The van der Waals surface area contributed by atoms with Gasteiger partial charge in [-0.1, -0.05) is 30.3 Å². The van der Waals surface area contributed by atoms with E-state index in [2.05, 4.69) is 59.1 Å². The van der Waals surface area contributed by atoms with Gasteiger partial charge in [-0.3, -0.25) is 9.59 Å². The third kappa shape index (κ3) is 5.61. The van der Waals surface area contributed by atoms with Crippen LogP contribution in [0.2, 0.25) is 0 Å². The number of amides is 1. The standard InChI is InChI=1S/C35H40N6O2/c1-23-18-24(2)36-32(19-23)40-16-17-41-28(22-40)12-9-15-38(4)31-21-27(13-14-30(31)41)37-35(43)34(42)33-29(20-25(3)39(33)5)26-10-7-6-8-11-26/h6-8,10-11,13-14,18-21,28H,9,12,15-17,22H2,1-5H3,(H,37,43). The summed E-state index contributed by atoms with van der Waals surface area (Å²) in [7, 11) is 3.93. The van der Waals surface area contributed by atoms with Gasteiger partial charge in [0.15, 0.2) is 0 Å². The number of nitrogens with zero attached hydrogens (tertiary/aromatic N) is 5. The van der Waals surface area contributed by atoms with E-state index in [-0.39, 0.29) is 0 Å². The van der Waals surface area contributed by atoms with Crippen LogP contribution in [-0.2, 0) is 11.8 Å². The highest BCUT2D eigenvalue weighted by Crippen LogP contribution is 2.37. The monoisotopic (exact) mass is 576 g/mol. The molecule has 4 aromatic rings. The summed E-state index contributed by atoms with van der Waals surface area (Å²) in [5.74, 6) is -0.131. The molecule has 0 spiro atoms. The van der Waals surface area contributed by atoms with Gasteiger partial charge in [-0.15, -0.1) is 0 Å². The number of Topliss-reactive ketones (excluding diaryl/α,β-unsaturated/α-hetero) is 1. The first-order valence-electron chi connectivity index (χ1n) is 15.1. The summed E-state index contributed by atoms with van der Waals surface area (Å²) in [4.78, 5) is 38.9. The number of benzene rings is 2. The molecule has 2 aliphatic heterocycles.